The fourth-order valence-corrected chi connectivity index (χ4v) is 2.74. The first-order chi connectivity index (χ1) is 9.99. The second kappa shape index (κ2) is 6.65. The summed E-state index contributed by atoms with van der Waals surface area (Å²) in [5.41, 5.74) is -0.349. The van der Waals surface area contributed by atoms with Crippen LogP contribution in [0, 0.1) is 17.6 Å². The molecule has 114 valence electrons. The van der Waals surface area contributed by atoms with E-state index >= 15 is 0 Å². The largest absolute Gasteiger partial charge is 0.480 e. The molecule has 0 unspecified atom stereocenters. The van der Waals surface area contributed by atoms with Crippen LogP contribution in [0.2, 0.25) is 0 Å². The molecule has 2 rings (SSSR count). The van der Waals surface area contributed by atoms with Gasteiger partial charge in [-0.25, -0.2) is 13.6 Å². The number of aliphatic carboxylic acids is 1. The van der Waals surface area contributed by atoms with Gasteiger partial charge in [0, 0.05) is 6.07 Å². The van der Waals surface area contributed by atoms with E-state index in [2.05, 4.69) is 5.32 Å². The van der Waals surface area contributed by atoms with Gasteiger partial charge in [0.2, 0.25) is 0 Å². The van der Waals surface area contributed by atoms with Crippen LogP contribution in [0.1, 0.15) is 42.5 Å². The molecule has 6 heteroatoms. The van der Waals surface area contributed by atoms with E-state index in [-0.39, 0.29) is 11.5 Å². The number of carboxylic acids is 1. The number of carbonyl (C=O) groups excluding carboxylic acids is 1. The number of halogens is 2. The summed E-state index contributed by atoms with van der Waals surface area (Å²) in [6.07, 6.45) is 4.36. The number of carbonyl (C=O) groups is 2. The van der Waals surface area contributed by atoms with Crippen molar-refractivity contribution in [1.29, 1.82) is 0 Å². The lowest BCUT2D eigenvalue weighted by Gasteiger charge is -2.28. The Balaban J connectivity index is 2.12. The number of benzene rings is 1. The number of amides is 1. The summed E-state index contributed by atoms with van der Waals surface area (Å²) in [6, 6.07) is 1.54. The van der Waals surface area contributed by atoms with Gasteiger partial charge in [-0.1, -0.05) is 19.3 Å². The van der Waals surface area contributed by atoms with Crippen LogP contribution in [0.4, 0.5) is 8.78 Å². The van der Waals surface area contributed by atoms with Crippen molar-refractivity contribution in [3.8, 4) is 0 Å². The van der Waals surface area contributed by atoms with E-state index in [0.717, 1.165) is 44.2 Å². The molecule has 0 aliphatic heterocycles. The molecular weight excluding hydrogens is 280 g/mol. The molecule has 21 heavy (non-hydrogen) atoms. The van der Waals surface area contributed by atoms with E-state index in [1.807, 2.05) is 0 Å². The molecule has 0 radical (unpaired) electrons. The number of hydrogen-bond acceptors (Lipinski definition) is 2. The number of carboxylic acid groups (broad SMARTS) is 1. The predicted octanol–water partition coefficient (Wildman–Crippen LogP) is 2.73. The molecule has 1 aliphatic rings. The molecule has 0 bridgehead atoms. The third-order valence-corrected chi connectivity index (χ3v) is 3.85. The van der Waals surface area contributed by atoms with Crippen LogP contribution < -0.4 is 5.32 Å². The van der Waals surface area contributed by atoms with Gasteiger partial charge in [0.1, 0.15) is 17.7 Å². The second-order valence-corrected chi connectivity index (χ2v) is 5.31. The normalized spacial score (nSPS) is 17.2. The number of nitrogens with one attached hydrogen (secondary N) is 1. The fraction of sp³-hybridized carbons (Fsp3) is 0.467. The van der Waals surface area contributed by atoms with Gasteiger partial charge in [-0.2, -0.15) is 0 Å². The Bertz CT molecular complexity index is 542. The first-order valence-electron chi connectivity index (χ1n) is 6.98. The molecular formula is C15H17F2NO3. The zero-order valence-electron chi connectivity index (χ0n) is 11.4. The van der Waals surface area contributed by atoms with Crippen molar-refractivity contribution in [1.82, 2.24) is 5.32 Å². The Morgan fingerprint density at radius 2 is 1.86 bits per heavy atom. The standard InChI is InChI=1S/C15H17F2NO3/c16-10-6-7-11(12(17)8-10)14(19)18-13(15(20)21)9-4-2-1-3-5-9/h6-9,13H,1-5H2,(H,18,19)(H,20,21)/t13-/m0/s1. The summed E-state index contributed by atoms with van der Waals surface area (Å²) in [6.45, 7) is 0. The molecule has 0 spiro atoms. The summed E-state index contributed by atoms with van der Waals surface area (Å²) >= 11 is 0. The van der Waals surface area contributed by atoms with E-state index in [1.54, 1.807) is 0 Å². The Morgan fingerprint density at radius 1 is 1.19 bits per heavy atom. The van der Waals surface area contributed by atoms with E-state index in [4.69, 9.17) is 0 Å². The SMILES string of the molecule is O=C(N[C@H](C(=O)O)C1CCCCC1)c1ccc(F)cc1F. The molecule has 1 aromatic carbocycles. The lowest BCUT2D eigenvalue weighted by atomic mass is 9.84. The maximum atomic E-state index is 13.5. The smallest absolute Gasteiger partial charge is 0.326 e. The fourth-order valence-electron chi connectivity index (χ4n) is 2.74. The number of hydrogen-bond donors (Lipinski definition) is 2. The minimum absolute atomic E-state index is 0.149. The molecule has 1 fully saturated rings. The number of rotatable bonds is 4. The molecule has 4 nitrogen and oxygen atoms in total. The third kappa shape index (κ3) is 3.77. The summed E-state index contributed by atoms with van der Waals surface area (Å²) in [5.74, 6) is -3.89. The monoisotopic (exact) mass is 297 g/mol. The lowest BCUT2D eigenvalue weighted by Crippen LogP contribution is -2.46. The summed E-state index contributed by atoms with van der Waals surface area (Å²) < 4.78 is 26.4. The van der Waals surface area contributed by atoms with E-state index < -0.39 is 29.6 Å². The average molecular weight is 297 g/mol. The first kappa shape index (κ1) is 15.4. The van der Waals surface area contributed by atoms with Gasteiger partial charge in [-0.3, -0.25) is 4.79 Å². The van der Waals surface area contributed by atoms with Crippen molar-refractivity contribution in [3.05, 3.63) is 35.4 Å². The molecule has 2 N–H and O–H groups in total. The van der Waals surface area contributed by atoms with Gasteiger partial charge in [0.25, 0.3) is 5.91 Å². The molecule has 0 saturated heterocycles. The van der Waals surface area contributed by atoms with Crippen molar-refractivity contribution in [3.63, 3.8) is 0 Å². The van der Waals surface area contributed by atoms with E-state index in [0.29, 0.717) is 6.07 Å². The van der Waals surface area contributed by atoms with Crippen LogP contribution in [0.25, 0.3) is 0 Å². The Morgan fingerprint density at radius 3 is 2.43 bits per heavy atom. The molecule has 0 heterocycles. The van der Waals surface area contributed by atoms with Crippen molar-refractivity contribution in [2.45, 2.75) is 38.1 Å². The molecule has 1 atom stereocenters. The highest BCUT2D eigenvalue weighted by atomic mass is 19.1. The lowest BCUT2D eigenvalue weighted by molar-refractivity contribution is -0.141. The van der Waals surface area contributed by atoms with Gasteiger partial charge < -0.3 is 10.4 Å². The maximum Gasteiger partial charge on any atom is 0.326 e. The Hall–Kier alpha value is -1.98. The topological polar surface area (TPSA) is 66.4 Å². The highest BCUT2D eigenvalue weighted by Gasteiger charge is 2.31. The van der Waals surface area contributed by atoms with Crippen LogP contribution in [0.15, 0.2) is 18.2 Å². The van der Waals surface area contributed by atoms with Gasteiger partial charge >= 0.3 is 5.97 Å². The van der Waals surface area contributed by atoms with Gasteiger partial charge in [-0.05, 0) is 30.9 Å². The molecule has 1 saturated carbocycles. The van der Waals surface area contributed by atoms with Crippen LogP contribution in [-0.2, 0) is 4.79 Å². The van der Waals surface area contributed by atoms with Gasteiger partial charge in [0.05, 0.1) is 5.56 Å². The predicted molar refractivity (Wildman–Crippen MR) is 71.8 cm³/mol. The Kier molecular flexibility index (Phi) is 4.88. The highest BCUT2D eigenvalue weighted by Crippen LogP contribution is 2.27. The highest BCUT2D eigenvalue weighted by molar-refractivity contribution is 5.96. The zero-order chi connectivity index (χ0) is 15.4. The van der Waals surface area contributed by atoms with Crippen molar-refractivity contribution in [2.75, 3.05) is 0 Å². The zero-order valence-corrected chi connectivity index (χ0v) is 11.4. The van der Waals surface area contributed by atoms with Crippen molar-refractivity contribution in [2.24, 2.45) is 5.92 Å². The van der Waals surface area contributed by atoms with Crippen LogP contribution in [0.5, 0.6) is 0 Å². The van der Waals surface area contributed by atoms with E-state index in [9.17, 15) is 23.5 Å². The molecule has 0 aromatic heterocycles. The van der Waals surface area contributed by atoms with E-state index in [1.165, 1.54) is 0 Å². The van der Waals surface area contributed by atoms with Crippen LogP contribution >= 0.6 is 0 Å². The average Bonchev–Trinajstić information content (AvgIpc) is 2.45. The summed E-state index contributed by atoms with van der Waals surface area (Å²) in [4.78, 5) is 23.3. The van der Waals surface area contributed by atoms with Gasteiger partial charge in [-0.15, -0.1) is 0 Å². The molecule has 1 aliphatic carbocycles. The summed E-state index contributed by atoms with van der Waals surface area (Å²) in [7, 11) is 0. The van der Waals surface area contributed by atoms with Crippen LogP contribution in [0.3, 0.4) is 0 Å². The van der Waals surface area contributed by atoms with Gasteiger partial charge in [0.15, 0.2) is 0 Å². The first-order valence-corrected chi connectivity index (χ1v) is 6.98. The minimum atomic E-state index is -1.13. The maximum absolute atomic E-state index is 13.5. The molecule has 1 amide bonds. The summed E-state index contributed by atoms with van der Waals surface area (Å²) in [5, 5.41) is 11.6. The second-order valence-electron chi connectivity index (χ2n) is 5.31. The van der Waals surface area contributed by atoms with Crippen molar-refractivity contribution >= 4 is 11.9 Å². The quantitative estimate of drug-likeness (QED) is 0.898. The third-order valence-electron chi connectivity index (χ3n) is 3.85. The van der Waals surface area contributed by atoms with Crippen molar-refractivity contribution < 1.29 is 23.5 Å². The van der Waals surface area contributed by atoms with Crippen LogP contribution in [-0.4, -0.2) is 23.0 Å². The minimum Gasteiger partial charge on any atom is -0.480 e. The molecule has 1 aromatic rings. The Labute approximate surface area is 121 Å².